The zero-order valence-electron chi connectivity index (χ0n) is 9.88. The molecule has 19 heavy (non-hydrogen) atoms. The first-order chi connectivity index (χ1) is 8.80. The van der Waals surface area contributed by atoms with Gasteiger partial charge in [0.15, 0.2) is 11.5 Å². The lowest BCUT2D eigenvalue weighted by Crippen LogP contribution is -2.21. The lowest BCUT2D eigenvalue weighted by Gasteiger charge is -2.16. The van der Waals surface area contributed by atoms with Gasteiger partial charge in [0, 0.05) is 6.20 Å². The van der Waals surface area contributed by atoms with Crippen molar-refractivity contribution in [2.75, 3.05) is 13.7 Å². The fraction of sp³-hybridized carbons (Fsp3) is 0.400. The first-order valence-corrected chi connectivity index (χ1v) is 6.03. The van der Waals surface area contributed by atoms with Gasteiger partial charge in [0.25, 0.3) is 0 Å². The Hall–Kier alpha value is -1.26. The zero-order valence-corrected chi connectivity index (χ0v) is 12.0. The standard InChI is InChI=1S/C10H9F3INO4/c1-3-18-9(16)5-4-15-8(14)7(17-2)6(5)19-10(11,12)13/h4H,3H2,1-2H3. The van der Waals surface area contributed by atoms with Crippen molar-refractivity contribution in [1.29, 1.82) is 0 Å². The highest BCUT2D eigenvalue weighted by molar-refractivity contribution is 14.1. The van der Waals surface area contributed by atoms with Gasteiger partial charge in [-0.2, -0.15) is 0 Å². The second-order valence-corrected chi connectivity index (χ2v) is 4.12. The molecule has 0 aliphatic rings. The van der Waals surface area contributed by atoms with E-state index < -0.39 is 23.6 Å². The van der Waals surface area contributed by atoms with Gasteiger partial charge in [-0.05, 0) is 29.5 Å². The molecule has 0 radical (unpaired) electrons. The average molecular weight is 391 g/mol. The van der Waals surface area contributed by atoms with Gasteiger partial charge in [0.2, 0.25) is 0 Å². The van der Waals surface area contributed by atoms with Crippen LogP contribution in [0.1, 0.15) is 17.3 Å². The number of ether oxygens (including phenoxy) is 3. The Morgan fingerprint density at radius 1 is 1.42 bits per heavy atom. The molecule has 0 N–H and O–H groups in total. The lowest BCUT2D eigenvalue weighted by atomic mass is 10.2. The van der Waals surface area contributed by atoms with Crippen molar-refractivity contribution in [1.82, 2.24) is 4.98 Å². The third-order valence-electron chi connectivity index (χ3n) is 1.86. The second-order valence-electron chi connectivity index (χ2n) is 3.09. The van der Waals surface area contributed by atoms with E-state index in [4.69, 9.17) is 4.74 Å². The fourth-order valence-corrected chi connectivity index (χ4v) is 1.81. The van der Waals surface area contributed by atoms with Crippen molar-refractivity contribution in [2.24, 2.45) is 0 Å². The Labute approximate surface area is 120 Å². The van der Waals surface area contributed by atoms with Gasteiger partial charge in [0.05, 0.1) is 13.7 Å². The summed E-state index contributed by atoms with van der Waals surface area (Å²) in [5.74, 6) is -2.00. The summed E-state index contributed by atoms with van der Waals surface area (Å²) in [5, 5.41) is 0. The largest absolute Gasteiger partial charge is 0.573 e. The molecular weight excluding hydrogens is 382 g/mol. The van der Waals surface area contributed by atoms with Gasteiger partial charge in [-0.1, -0.05) is 0 Å². The van der Waals surface area contributed by atoms with E-state index in [0.717, 1.165) is 13.3 Å². The molecule has 0 atom stereocenters. The first kappa shape index (κ1) is 15.8. The molecule has 0 fully saturated rings. The smallest absolute Gasteiger partial charge is 0.490 e. The van der Waals surface area contributed by atoms with Gasteiger partial charge in [-0.3, -0.25) is 0 Å². The van der Waals surface area contributed by atoms with Crippen LogP contribution in [-0.2, 0) is 4.74 Å². The Kier molecular flexibility index (Phi) is 5.20. The highest BCUT2D eigenvalue weighted by Gasteiger charge is 2.36. The predicted molar refractivity (Wildman–Crippen MR) is 66.1 cm³/mol. The predicted octanol–water partition coefficient (Wildman–Crippen LogP) is 2.77. The third-order valence-corrected chi connectivity index (χ3v) is 2.63. The highest BCUT2D eigenvalue weighted by atomic mass is 127. The van der Waals surface area contributed by atoms with Crippen LogP contribution in [0.2, 0.25) is 0 Å². The number of nitrogens with zero attached hydrogens (tertiary/aromatic N) is 1. The SMILES string of the molecule is CCOC(=O)c1cnc(I)c(OC)c1OC(F)(F)F. The van der Waals surface area contributed by atoms with E-state index in [2.05, 4.69) is 14.5 Å². The van der Waals surface area contributed by atoms with Crippen molar-refractivity contribution in [3.63, 3.8) is 0 Å². The molecule has 0 unspecified atom stereocenters. The van der Waals surface area contributed by atoms with Gasteiger partial charge >= 0.3 is 12.3 Å². The molecule has 0 aliphatic carbocycles. The van der Waals surface area contributed by atoms with Crippen LogP contribution in [0.3, 0.4) is 0 Å². The Balaban J connectivity index is 3.34. The van der Waals surface area contributed by atoms with Crippen molar-refractivity contribution in [3.8, 4) is 11.5 Å². The molecule has 0 aromatic carbocycles. The van der Waals surface area contributed by atoms with E-state index in [1.165, 1.54) is 6.92 Å². The van der Waals surface area contributed by atoms with E-state index >= 15 is 0 Å². The number of rotatable bonds is 4. The summed E-state index contributed by atoms with van der Waals surface area (Å²) in [5.41, 5.74) is -0.448. The molecule has 0 saturated carbocycles. The summed E-state index contributed by atoms with van der Waals surface area (Å²) in [7, 11) is 1.15. The molecule has 0 aliphatic heterocycles. The first-order valence-electron chi connectivity index (χ1n) is 4.95. The van der Waals surface area contributed by atoms with Crippen molar-refractivity contribution < 1.29 is 32.2 Å². The second kappa shape index (κ2) is 6.26. The molecular formula is C10H9F3INO4. The molecule has 0 saturated heterocycles. The number of alkyl halides is 3. The van der Waals surface area contributed by atoms with Crippen LogP contribution in [0.5, 0.6) is 11.5 Å². The van der Waals surface area contributed by atoms with Crippen LogP contribution in [0.25, 0.3) is 0 Å². The Morgan fingerprint density at radius 3 is 2.53 bits per heavy atom. The molecule has 0 bridgehead atoms. The Bertz CT molecular complexity index is 479. The van der Waals surface area contributed by atoms with Crippen molar-refractivity contribution in [2.45, 2.75) is 13.3 Å². The number of methoxy groups -OCH3 is 1. The monoisotopic (exact) mass is 391 g/mol. The summed E-state index contributed by atoms with van der Waals surface area (Å²) < 4.78 is 50.5. The number of hydrogen-bond acceptors (Lipinski definition) is 5. The molecule has 1 rings (SSSR count). The van der Waals surface area contributed by atoms with Gasteiger partial charge in [0.1, 0.15) is 9.26 Å². The third kappa shape index (κ3) is 4.11. The van der Waals surface area contributed by atoms with Crippen LogP contribution in [0, 0.1) is 3.70 Å². The maximum absolute atomic E-state index is 12.4. The van der Waals surface area contributed by atoms with E-state index in [9.17, 15) is 18.0 Å². The van der Waals surface area contributed by atoms with Crippen LogP contribution < -0.4 is 9.47 Å². The van der Waals surface area contributed by atoms with Crippen molar-refractivity contribution >= 4 is 28.6 Å². The molecule has 5 nitrogen and oxygen atoms in total. The number of carbonyl (C=O) groups excluding carboxylic acids is 1. The van der Waals surface area contributed by atoms with Crippen LogP contribution in [-0.4, -0.2) is 31.0 Å². The summed E-state index contributed by atoms with van der Waals surface area (Å²) >= 11 is 1.66. The number of pyridine rings is 1. The topological polar surface area (TPSA) is 57.7 Å². The summed E-state index contributed by atoms with van der Waals surface area (Å²) in [6, 6.07) is 0. The number of hydrogen-bond donors (Lipinski definition) is 0. The average Bonchev–Trinajstić information content (AvgIpc) is 2.27. The van der Waals surface area contributed by atoms with E-state index in [0.29, 0.717) is 0 Å². The van der Waals surface area contributed by atoms with Gasteiger partial charge in [-0.25, -0.2) is 9.78 Å². The number of carbonyl (C=O) groups is 1. The maximum Gasteiger partial charge on any atom is 0.573 e. The summed E-state index contributed by atoms with van der Waals surface area (Å²) in [6.45, 7) is 1.54. The maximum atomic E-state index is 12.4. The lowest BCUT2D eigenvalue weighted by molar-refractivity contribution is -0.275. The highest BCUT2D eigenvalue weighted by Crippen LogP contribution is 2.38. The van der Waals surface area contributed by atoms with Gasteiger partial charge in [-0.15, -0.1) is 13.2 Å². The zero-order chi connectivity index (χ0) is 14.6. The molecule has 106 valence electrons. The normalized spacial score (nSPS) is 11.1. The van der Waals surface area contributed by atoms with E-state index in [1.807, 2.05) is 0 Å². The summed E-state index contributed by atoms with van der Waals surface area (Å²) in [4.78, 5) is 15.3. The number of halogens is 4. The molecule has 1 aromatic rings. The molecule has 1 heterocycles. The minimum atomic E-state index is -4.96. The molecule has 1 aromatic heterocycles. The van der Waals surface area contributed by atoms with Gasteiger partial charge < -0.3 is 14.2 Å². The van der Waals surface area contributed by atoms with Crippen LogP contribution in [0.15, 0.2) is 6.20 Å². The van der Waals surface area contributed by atoms with Crippen LogP contribution in [0.4, 0.5) is 13.2 Å². The summed E-state index contributed by atoms with van der Waals surface area (Å²) in [6.07, 6.45) is -4.01. The fourth-order valence-electron chi connectivity index (χ4n) is 1.20. The quantitative estimate of drug-likeness (QED) is 0.449. The minimum absolute atomic E-state index is 0.0125. The number of aromatic nitrogens is 1. The molecule has 9 heteroatoms. The number of esters is 1. The van der Waals surface area contributed by atoms with E-state index in [-0.39, 0.29) is 16.1 Å². The van der Waals surface area contributed by atoms with Crippen molar-refractivity contribution in [3.05, 3.63) is 15.5 Å². The van der Waals surface area contributed by atoms with Crippen LogP contribution >= 0.6 is 22.6 Å². The molecule has 0 amide bonds. The van der Waals surface area contributed by atoms with E-state index in [1.54, 1.807) is 22.6 Å². The molecule has 0 spiro atoms. The Morgan fingerprint density at radius 2 is 2.05 bits per heavy atom. The minimum Gasteiger partial charge on any atom is -0.490 e.